The number of likely N-dealkylation sites (N-methyl/N-ethyl adjacent to an activating group) is 2. The van der Waals surface area contributed by atoms with Gasteiger partial charge in [0.15, 0.2) is 0 Å². The van der Waals surface area contributed by atoms with E-state index in [1.807, 2.05) is 11.0 Å². The van der Waals surface area contributed by atoms with Crippen LogP contribution in [0.25, 0.3) is 0 Å². The fourth-order valence-electron chi connectivity index (χ4n) is 4.38. The van der Waals surface area contributed by atoms with Crippen molar-refractivity contribution < 1.29 is 27.5 Å². The minimum absolute atomic E-state index is 0.0648. The normalized spacial score (nSPS) is 18.7. The smallest absolute Gasteiger partial charge is 0.395 e. The number of aliphatic hydroxyl groups is 1. The molecule has 0 saturated carbocycles. The molecule has 2 aromatic carbocycles. The van der Waals surface area contributed by atoms with Crippen LogP contribution in [0.4, 0.5) is 17.6 Å². The van der Waals surface area contributed by atoms with Gasteiger partial charge in [0, 0.05) is 38.1 Å². The Morgan fingerprint density at radius 1 is 1.11 bits per heavy atom. The van der Waals surface area contributed by atoms with Gasteiger partial charge in [-0.25, -0.2) is 4.39 Å². The predicted octanol–water partition coefficient (Wildman–Crippen LogP) is 4.50. The zero-order chi connectivity index (χ0) is 25.9. The van der Waals surface area contributed by atoms with Gasteiger partial charge in [0.25, 0.3) is 0 Å². The molecule has 192 valence electrons. The molecule has 2 aromatic rings. The average molecular weight is 536 g/mol. The monoisotopic (exact) mass is 535 g/mol. The van der Waals surface area contributed by atoms with Crippen LogP contribution in [0.1, 0.15) is 22.6 Å². The second-order valence-electron chi connectivity index (χ2n) is 8.83. The molecule has 0 radical (unpaired) electrons. The van der Waals surface area contributed by atoms with Crippen molar-refractivity contribution in [3.8, 4) is 0 Å². The Kier molecular flexibility index (Phi) is 9.04. The minimum Gasteiger partial charge on any atom is -0.395 e. The van der Waals surface area contributed by atoms with Gasteiger partial charge in [0.1, 0.15) is 5.82 Å². The molecule has 1 amide bonds. The van der Waals surface area contributed by atoms with E-state index >= 15 is 0 Å². The Morgan fingerprint density at radius 2 is 1.83 bits per heavy atom. The number of carbonyl (C=O) groups is 1. The third-order valence-corrected chi connectivity index (χ3v) is 6.98. The third-order valence-electron chi connectivity index (χ3n) is 6.24. The van der Waals surface area contributed by atoms with Crippen LogP contribution in [0, 0.1) is 5.82 Å². The van der Waals surface area contributed by atoms with Gasteiger partial charge in [-0.05, 0) is 49.5 Å². The van der Waals surface area contributed by atoms with Gasteiger partial charge in [0.2, 0.25) is 5.91 Å². The Morgan fingerprint density at radius 3 is 2.43 bits per heavy atom. The highest BCUT2D eigenvalue weighted by Gasteiger charge is 2.39. The Bertz CT molecular complexity index is 1050. The fourth-order valence-corrected chi connectivity index (χ4v) is 4.69. The summed E-state index contributed by atoms with van der Waals surface area (Å²) in [5, 5.41) is 9.88. The summed E-state index contributed by atoms with van der Waals surface area (Å²) >= 11 is 12.3. The van der Waals surface area contributed by atoms with Crippen LogP contribution in [0.3, 0.4) is 0 Å². The first-order chi connectivity index (χ1) is 16.4. The van der Waals surface area contributed by atoms with Crippen molar-refractivity contribution in [3.05, 3.63) is 69.0 Å². The first-order valence-corrected chi connectivity index (χ1v) is 11.7. The molecule has 2 atom stereocenters. The van der Waals surface area contributed by atoms with E-state index in [1.54, 1.807) is 36.0 Å². The van der Waals surface area contributed by atoms with E-state index in [2.05, 4.69) is 0 Å². The lowest BCUT2D eigenvalue weighted by Gasteiger charge is -2.29. The Balaban J connectivity index is 1.83. The van der Waals surface area contributed by atoms with Gasteiger partial charge in [-0.3, -0.25) is 14.6 Å². The van der Waals surface area contributed by atoms with E-state index in [1.165, 1.54) is 6.07 Å². The second-order valence-corrected chi connectivity index (χ2v) is 9.65. The maximum Gasteiger partial charge on any atom is 0.419 e. The molecule has 1 unspecified atom stereocenters. The molecule has 1 heterocycles. The van der Waals surface area contributed by atoms with Gasteiger partial charge in [-0.2, -0.15) is 13.2 Å². The number of alkyl halides is 3. The molecule has 1 N–H and O–H groups in total. The number of amides is 1. The molecular weight excluding hydrogens is 509 g/mol. The second kappa shape index (κ2) is 11.4. The maximum atomic E-state index is 14.1. The van der Waals surface area contributed by atoms with Crippen molar-refractivity contribution in [2.24, 2.45) is 0 Å². The molecule has 0 aromatic heterocycles. The topological polar surface area (TPSA) is 47.0 Å². The van der Waals surface area contributed by atoms with Gasteiger partial charge < -0.3 is 10.0 Å². The lowest BCUT2D eigenvalue weighted by atomic mass is 9.93. The highest BCUT2D eigenvalue weighted by Crippen LogP contribution is 2.35. The van der Waals surface area contributed by atoms with E-state index in [9.17, 15) is 22.4 Å². The van der Waals surface area contributed by atoms with Gasteiger partial charge in [0.05, 0.1) is 28.8 Å². The van der Waals surface area contributed by atoms with E-state index in [4.69, 9.17) is 28.3 Å². The van der Waals surface area contributed by atoms with E-state index in [0.29, 0.717) is 35.2 Å². The molecule has 1 saturated heterocycles. The van der Waals surface area contributed by atoms with Crippen LogP contribution < -0.4 is 0 Å². The molecule has 1 aliphatic rings. The van der Waals surface area contributed by atoms with Crippen LogP contribution in [-0.4, -0.2) is 78.6 Å². The standard InChI is InChI=1S/C24H27Cl2F4N3O2/c1-31(7-8-34)14-23(35)33-12-17(16-4-6-19(25)20(26)10-16)22(13-33)32(2)11-15-3-5-18(21(27)9-15)24(28,29)30/h3-6,9-10,17,22,34H,7-8,11-14H2,1-2H3/t17-,22?/m1/s1. The molecule has 1 aliphatic heterocycles. The summed E-state index contributed by atoms with van der Waals surface area (Å²) in [6, 6.07) is 7.97. The largest absolute Gasteiger partial charge is 0.419 e. The molecule has 0 bridgehead atoms. The highest BCUT2D eigenvalue weighted by atomic mass is 35.5. The number of hydrogen-bond donors (Lipinski definition) is 1. The third kappa shape index (κ3) is 6.86. The molecule has 11 heteroatoms. The molecule has 5 nitrogen and oxygen atoms in total. The summed E-state index contributed by atoms with van der Waals surface area (Å²) in [6.07, 6.45) is -4.76. The Hall–Kier alpha value is -1.91. The number of nitrogens with zero attached hydrogens (tertiary/aromatic N) is 3. The van der Waals surface area contributed by atoms with Crippen molar-refractivity contribution in [1.82, 2.24) is 14.7 Å². The van der Waals surface area contributed by atoms with Gasteiger partial charge in [-0.15, -0.1) is 0 Å². The van der Waals surface area contributed by atoms with Crippen LogP contribution in [-0.2, 0) is 17.5 Å². The lowest BCUT2D eigenvalue weighted by molar-refractivity contribution is -0.140. The van der Waals surface area contributed by atoms with Gasteiger partial charge in [-0.1, -0.05) is 35.3 Å². The van der Waals surface area contributed by atoms with Crippen molar-refractivity contribution >= 4 is 29.1 Å². The fraction of sp³-hybridized carbons (Fsp3) is 0.458. The van der Waals surface area contributed by atoms with Crippen molar-refractivity contribution in [1.29, 1.82) is 0 Å². The first kappa shape index (κ1) is 27.7. The quantitative estimate of drug-likeness (QED) is 0.505. The number of rotatable bonds is 8. The van der Waals surface area contributed by atoms with Crippen molar-refractivity contribution in [2.75, 3.05) is 46.9 Å². The summed E-state index contributed by atoms with van der Waals surface area (Å²) in [5.74, 6) is -1.58. The Labute approximate surface area is 211 Å². The van der Waals surface area contributed by atoms with Gasteiger partial charge >= 0.3 is 6.18 Å². The molecule has 35 heavy (non-hydrogen) atoms. The molecular formula is C24H27Cl2F4N3O2. The van der Waals surface area contributed by atoms with Crippen molar-refractivity contribution in [3.63, 3.8) is 0 Å². The summed E-state index contributed by atoms with van der Waals surface area (Å²) < 4.78 is 52.9. The first-order valence-electron chi connectivity index (χ1n) is 11.0. The molecule has 0 spiro atoms. The zero-order valence-electron chi connectivity index (χ0n) is 19.3. The van der Waals surface area contributed by atoms with Crippen molar-refractivity contribution in [2.45, 2.75) is 24.7 Å². The summed E-state index contributed by atoms with van der Waals surface area (Å²) in [4.78, 5) is 18.3. The maximum absolute atomic E-state index is 14.1. The molecule has 1 fully saturated rings. The number of likely N-dealkylation sites (tertiary alicyclic amines) is 1. The van der Waals surface area contributed by atoms with Crippen LogP contribution >= 0.6 is 23.2 Å². The number of carbonyl (C=O) groups excluding carboxylic acids is 1. The summed E-state index contributed by atoms with van der Waals surface area (Å²) in [5.41, 5.74) is -0.0468. The number of aliphatic hydroxyl groups excluding tert-OH is 1. The van der Waals surface area contributed by atoms with E-state index in [-0.39, 0.29) is 37.6 Å². The van der Waals surface area contributed by atoms with Crippen LogP contribution in [0.5, 0.6) is 0 Å². The predicted molar refractivity (Wildman–Crippen MR) is 127 cm³/mol. The lowest BCUT2D eigenvalue weighted by Crippen LogP contribution is -2.41. The average Bonchev–Trinajstić information content (AvgIpc) is 3.21. The molecule has 3 rings (SSSR count). The zero-order valence-corrected chi connectivity index (χ0v) is 20.8. The number of hydrogen-bond acceptors (Lipinski definition) is 4. The number of benzene rings is 2. The minimum atomic E-state index is -4.76. The van der Waals surface area contributed by atoms with E-state index < -0.39 is 17.6 Å². The van der Waals surface area contributed by atoms with Crippen LogP contribution in [0.2, 0.25) is 10.0 Å². The summed E-state index contributed by atoms with van der Waals surface area (Å²) in [7, 11) is 3.53. The highest BCUT2D eigenvalue weighted by molar-refractivity contribution is 6.42. The van der Waals surface area contributed by atoms with Crippen LogP contribution in [0.15, 0.2) is 36.4 Å². The summed E-state index contributed by atoms with van der Waals surface area (Å²) in [6.45, 7) is 1.39. The van der Waals surface area contributed by atoms with E-state index in [0.717, 1.165) is 17.7 Å². The SMILES string of the molecule is CN(CCO)CC(=O)N1CC(N(C)Cc2ccc(C(F)(F)F)c(F)c2)[C@@H](c2ccc(Cl)c(Cl)c2)C1. The number of halogens is 6. The molecule has 0 aliphatic carbocycles.